The zero-order valence-corrected chi connectivity index (χ0v) is 38.1. The molecule has 3 aliphatic rings. The van der Waals surface area contributed by atoms with E-state index in [4.69, 9.17) is 14.7 Å². The number of nitrogens with zero attached hydrogens (tertiary/aromatic N) is 5. The maximum atomic E-state index is 13.9. The van der Waals surface area contributed by atoms with Crippen LogP contribution < -0.4 is 10.2 Å². The Bertz CT molecular complexity index is 2420. The summed E-state index contributed by atoms with van der Waals surface area (Å²) >= 11 is 0. The normalized spacial score (nSPS) is 19.1. The monoisotopic (exact) mass is 851 g/mol. The summed E-state index contributed by atoms with van der Waals surface area (Å²) in [5, 5.41) is 2.74. The van der Waals surface area contributed by atoms with Crippen molar-refractivity contribution in [3.63, 3.8) is 0 Å². The minimum Gasteiger partial charge on any atom is -0.453 e. The number of imidazole rings is 2. The summed E-state index contributed by atoms with van der Waals surface area (Å²) < 4.78 is 4.83. The molecule has 5 aromatic rings. The Balaban J connectivity index is 1.09. The third-order valence-electron chi connectivity index (χ3n) is 13.2. The Morgan fingerprint density at radius 1 is 0.794 bits per heavy atom. The molecular formula is C51H63N8O4. The van der Waals surface area contributed by atoms with Crippen molar-refractivity contribution in [3.05, 3.63) is 120 Å². The van der Waals surface area contributed by atoms with Gasteiger partial charge in [0.2, 0.25) is 11.8 Å². The Kier molecular flexibility index (Phi) is 12.3. The first-order chi connectivity index (χ1) is 30.1. The molecule has 63 heavy (non-hydrogen) atoms. The minimum absolute atomic E-state index is 0.0656. The van der Waals surface area contributed by atoms with Gasteiger partial charge in [-0.3, -0.25) is 9.59 Å². The van der Waals surface area contributed by atoms with E-state index in [2.05, 4.69) is 114 Å². The fourth-order valence-corrected chi connectivity index (χ4v) is 9.65. The number of anilines is 1. The Morgan fingerprint density at radius 2 is 1.33 bits per heavy atom. The van der Waals surface area contributed by atoms with Crippen molar-refractivity contribution in [1.29, 1.82) is 0 Å². The number of hydrogen-bond donors (Lipinski definition) is 3. The van der Waals surface area contributed by atoms with Crippen LogP contribution in [0.15, 0.2) is 85.2 Å². The lowest BCUT2D eigenvalue weighted by Crippen LogP contribution is -2.60. The fourth-order valence-electron chi connectivity index (χ4n) is 9.65. The maximum absolute atomic E-state index is 13.9. The number of methoxy groups -OCH3 is 1. The Labute approximate surface area is 372 Å². The van der Waals surface area contributed by atoms with Crippen LogP contribution in [0.4, 0.5) is 10.5 Å². The molecule has 3 aromatic carbocycles. The van der Waals surface area contributed by atoms with Gasteiger partial charge in [0, 0.05) is 31.9 Å². The van der Waals surface area contributed by atoms with Crippen molar-refractivity contribution < 1.29 is 19.1 Å². The van der Waals surface area contributed by atoms with Crippen molar-refractivity contribution in [3.8, 4) is 22.5 Å². The summed E-state index contributed by atoms with van der Waals surface area (Å²) in [5.74, 6) is 1.58. The smallest absolute Gasteiger partial charge is 0.407 e. The number of nitrogens with one attached hydrogen (secondary N) is 3. The molecule has 331 valence electrons. The number of benzene rings is 3. The molecule has 0 unspecified atom stereocenters. The number of aromatic amines is 2. The third kappa shape index (κ3) is 8.86. The molecule has 3 fully saturated rings. The molecule has 3 aliphatic heterocycles. The number of ether oxygens (including phenoxy) is 1. The molecule has 0 spiro atoms. The fraction of sp³-hybridized carbons (Fsp3) is 0.451. The van der Waals surface area contributed by atoms with E-state index in [-0.39, 0.29) is 46.6 Å². The molecule has 1 radical (unpaired) electrons. The molecule has 12 nitrogen and oxygen atoms in total. The number of rotatable bonds is 12. The van der Waals surface area contributed by atoms with Crippen LogP contribution in [0.3, 0.4) is 0 Å². The number of likely N-dealkylation sites (tertiary alicyclic amines) is 2. The lowest BCUT2D eigenvalue weighted by atomic mass is 9.67. The van der Waals surface area contributed by atoms with Gasteiger partial charge in [-0.25, -0.2) is 14.8 Å². The van der Waals surface area contributed by atoms with Crippen LogP contribution in [0.1, 0.15) is 115 Å². The Hall–Kier alpha value is -5.91. The maximum Gasteiger partial charge on any atom is 0.407 e. The van der Waals surface area contributed by atoms with Gasteiger partial charge >= 0.3 is 6.09 Å². The lowest BCUT2D eigenvalue weighted by molar-refractivity contribution is -0.135. The highest BCUT2D eigenvalue weighted by Crippen LogP contribution is 2.45. The van der Waals surface area contributed by atoms with Crippen LogP contribution >= 0.6 is 0 Å². The van der Waals surface area contributed by atoms with Crippen molar-refractivity contribution in [2.24, 2.45) is 11.8 Å². The number of carbonyl (C=O) groups excluding carboxylic acids is 3. The van der Waals surface area contributed by atoms with Gasteiger partial charge in [-0.15, -0.1) is 0 Å². The highest BCUT2D eigenvalue weighted by molar-refractivity contribution is 5.87. The van der Waals surface area contributed by atoms with Crippen LogP contribution in [0.2, 0.25) is 0 Å². The van der Waals surface area contributed by atoms with E-state index >= 15 is 0 Å². The molecule has 3 saturated heterocycles. The van der Waals surface area contributed by atoms with Gasteiger partial charge < -0.3 is 34.7 Å². The highest BCUT2D eigenvalue weighted by Gasteiger charge is 2.46. The SMILES string of the molecule is COC(=O)N[C@H](C(=O)N1CCC[C@H]1c1ncc(-c2cccc(C3(c4cccc(-c5cnc([C@@H]6CCCN6C(=O)[CH]C(C)C)[nH]5)c4)CN(c4ccc(C(C)(C)C)cc4)C3)c2)[nH]1)C(C)C. The van der Waals surface area contributed by atoms with Gasteiger partial charge in [-0.1, -0.05) is 97.0 Å². The summed E-state index contributed by atoms with van der Waals surface area (Å²) in [7, 11) is 1.31. The predicted octanol–water partition coefficient (Wildman–Crippen LogP) is 9.14. The van der Waals surface area contributed by atoms with E-state index in [1.807, 2.05) is 49.9 Å². The molecule has 12 heteroatoms. The van der Waals surface area contributed by atoms with Gasteiger partial charge in [0.15, 0.2) is 0 Å². The first-order valence-electron chi connectivity index (χ1n) is 22.6. The summed E-state index contributed by atoms with van der Waals surface area (Å²) in [6.45, 7) is 17.6. The topological polar surface area (TPSA) is 140 Å². The number of amides is 3. The van der Waals surface area contributed by atoms with Crippen molar-refractivity contribution in [2.75, 3.05) is 38.2 Å². The second-order valence-corrected chi connectivity index (χ2v) is 19.4. The number of carbonyl (C=O) groups is 3. The second kappa shape index (κ2) is 17.7. The van der Waals surface area contributed by atoms with Gasteiger partial charge in [0.1, 0.15) is 17.7 Å². The zero-order valence-electron chi connectivity index (χ0n) is 38.1. The van der Waals surface area contributed by atoms with Gasteiger partial charge in [0.25, 0.3) is 0 Å². The van der Waals surface area contributed by atoms with Gasteiger partial charge in [-0.2, -0.15) is 0 Å². The number of alkyl carbamates (subject to hydrolysis) is 1. The standard InChI is InChI=1S/C51H63N8O4/c1-32(2)25-44(60)58-23-11-17-42(58)46-52-28-40(54-46)34-13-9-15-37(26-34)51(30-57(31-51)39-21-19-36(20-22-39)50(5,6)7)38-16-10-14-35(27-38)41-29-53-47(55-41)43-18-12-24-59(43)48(61)45(33(3)4)56-49(62)63-8/h9-10,13-16,19-22,25-29,32-33,42-43,45H,11-12,17-18,23-24,30-31H2,1-8H3,(H,52,54)(H,53,55)(H,56,62)/t42-,43-,45-/m0/s1. The van der Waals surface area contributed by atoms with Crippen LogP contribution in [0.5, 0.6) is 0 Å². The Morgan fingerprint density at radius 3 is 1.84 bits per heavy atom. The van der Waals surface area contributed by atoms with Crippen LogP contribution in [0, 0.1) is 18.3 Å². The summed E-state index contributed by atoms with van der Waals surface area (Å²) in [5.41, 5.74) is 8.55. The molecule has 3 N–H and O–H groups in total. The average molecular weight is 852 g/mol. The number of hydrogen-bond acceptors (Lipinski definition) is 7. The molecule has 5 heterocycles. The molecule has 3 atom stereocenters. The minimum atomic E-state index is -0.700. The first-order valence-corrected chi connectivity index (χ1v) is 22.6. The zero-order chi connectivity index (χ0) is 44.6. The molecule has 0 saturated carbocycles. The number of aromatic nitrogens is 4. The first kappa shape index (κ1) is 43.7. The van der Waals surface area contributed by atoms with Gasteiger partial charge in [0.05, 0.1) is 54.8 Å². The van der Waals surface area contributed by atoms with E-state index in [1.165, 1.54) is 29.5 Å². The van der Waals surface area contributed by atoms with E-state index in [0.29, 0.717) is 6.54 Å². The quantitative estimate of drug-likeness (QED) is 0.114. The molecule has 2 aromatic heterocycles. The number of H-pyrrole nitrogens is 2. The average Bonchev–Trinajstić information content (AvgIpc) is 4.09. The predicted molar refractivity (Wildman–Crippen MR) is 247 cm³/mol. The van der Waals surface area contributed by atoms with E-state index in [0.717, 1.165) is 79.5 Å². The third-order valence-corrected chi connectivity index (χ3v) is 13.2. The van der Waals surface area contributed by atoms with Crippen molar-refractivity contribution in [1.82, 2.24) is 35.1 Å². The van der Waals surface area contributed by atoms with E-state index in [1.54, 1.807) is 6.42 Å². The summed E-state index contributed by atoms with van der Waals surface area (Å²) in [4.78, 5) is 62.3. The van der Waals surface area contributed by atoms with Crippen LogP contribution in [-0.4, -0.2) is 87.0 Å². The molecule has 0 bridgehead atoms. The highest BCUT2D eigenvalue weighted by atomic mass is 16.5. The molecule has 8 rings (SSSR count). The summed E-state index contributed by atoms with van der Waals surface area (Å²) in [6, 6.07) is 25.6. The summed E-state index contributed by atoms with van der Waals surface area (Å²) in [6.07, 6.45) is 8.43. The van der Waals surface area contributed by atoms with Crippen molar-refractivity contribution >= 4 is 23.6 Å². The lowest BCUT2D eigenvalue weighted by Gasteiger charge is -2.52. The molecular weight excluding hydrogens is 789 g/mol. The largest absolute Gasteiger partial charge is 0.453 e. The van der Waals surface area contributed by atoms with E-state index in [9.17, 15) is 14.4 Å². The van der Waals surface area contributed by atoms with Crippen molar-refractivity contribution in [2.45, 2.75) is 103 Å². The van der Waals surface area contributed by atoms with Crippen LogP contribution in [0.25, 0.3) is 22.5 Å². The molecule has 3 amide bonds. The van der Waals surface area contributed by atoms with Crippen LogP contribution in [-0.2, 0) is 25.2 Å². The van der Waals surface area contributed by atoms with E-state index < -0.39 is 12.1 Å². The van der Waals surface area contributed by atoms with Gasteiger partial charge in [-0.05, 0) is 95.0 Å². The second-order valence-electron chi connectivity index (χ2n) is 19.4. The molecule has 0 aliphatic carbocycles.